The fraction of sp³-hybridized carbons (Fsp3) is 0.448. The molecule has 3 nitrogen and oxygen atoms in total. The first kappa shape index (κ1) is 22.7. The predicted octanol–water partition coefficient (Wildman–Crippen LogP) is 6.75. The maximum atomic E-state index is 9.85. The van der Waals surface area contributed by atoms with Crippen LogP contribution in [0.4, 0.5) is 5.69 Å². The molecule has 0 saturated heterocycles. The van der Waals surface area contributed by atoms with E-state index in [1.807, 2.05) is 6.92 Å². The zero-order chi connectivity index (χ0) is 23.0. The largest absolute Gasteiger partial charge is 0.488 e. The number of hydrogen-bond donors (Lipinski definition) is 1. The van der Waals surface area contributed by atoms with Crippen LogP contribution in [0.5, 0.6) is 0 Å². The lowest BCUT2D eigenvalue weighted by Gasteiger charge is -2.35. The van der Waals surface area contributed by atoms with Crippen LogP contribution in [0.2, 0.25) is 0 Å². The van der Waals surface area contributed by atoms with Crippen molar-refractivity contribution in [2.75, 3.05) is 11.4 Å². The van der Waals surface area contributed by atoms with E-state index in [-0.39, 0.29) is 6.04 Å². The lowest BCUT2D eigenvalue weighted by molar-refractivity contribution is 0.00784. The lowest BCUT2D eigenvalue weighted by Crippen LogP contribution is -2.31. The van der Waals surface area contributed by atoms with Gasteiger partial charge in [0.05, 0.1) is 17.9 Å². The van der Waals surface area contributed by atoms with E-state index in [0.29, 0.717) is 0 Å². The second-order valence-electron chi connectivity index (χ2n) is 9.79. The first-order valence-corrected chi connectivity index (χ1v) is 12.0. The highest BCUT2D eigenvalue weighted by molar-refractivity contribution is 5.74. The molecule has 2 aliphatic heterocycles. The van der Waals surface area contributed by atoms with Crippen molar-refractivity contribution in [2.45, 2.75) is 78.6 Å². The Morgan fingerprint density at radius 3 is 2.78 bits per heavy atom. The van der Waals surface area contributed by atoms with Crippen LogP contribution in [0.1, 0.15) is 80.0 Å². The van der Waals surface area contributed by atoms with Crippen molar-refractivity contribution in [3.8, 4) is 0 Å². The van der Waals surface area contributed by atoms with E-state index in [4.69, 9.17) is 4.74 Å². The third-order valence-corrected chi connectivity index (χ3v) is 6.79. The molecule has 3 atom stereocenters. The molecule has 0 aliphatic carbocycles. The van der Waals surface area contributed by atoms with E-state index >= 15 is 0 Å². The molecule has 0 bridgehead atoms. The Morgan fingerprint density at radius 1 is 1.28 bits per heavy atom. The van der Waals surface area contributed by atoms with Crippen molar-refractivity contribution < 1.29 is 9.84 Å². The van der Waals surface area contributed by atoms with Crippen LogP contribution in [0.25, 0.3) is 6.08 Å². The summed E-state index contributed by atoms with van der Waals surface area (Å²) >= 11 is 0. The molecule has 3 unspecified atom stereocenters. The summed E-state index contributed by atoms with van der Waals surface area (Å²) < 4.78 is 6.62. The summed E-state index contributed by atoms with van der Waals surface area (Å²) in [5, 5.41) is 9.85. The normalized spacial score (nSPS) is 23.2. The Kier molecular flexibility index (Phi) is 6.22. The molecular formula is C29H37NO2. The first-order chi connectivity index (χ1) is 15.2. The number of benzene rings is 2. The van der Waals surface area contributed by atoms with Crippen molar-refractivity contribution in [1.82, 2.24) is 0 Å². The lowest BCUT2D eigenvalue weighted by atomic mass is 9.82. The number of ether oxygens (including phenoxy) is 1. The maximum absolute atomic E-state index is 9.85. The van der Waals surface area contributed by atoms with Crippen LogP contribution in [0, 0.1) is 13.8 Å². The molecular weight excluding hydrogens is 394 g/mol. The van der Waals surface area contributed by atoms with Crippen molar-refractivity contribution in [1.29, 1.82) is 0 Å². The third-order valence-electron chi connectivity index (χ3n) is 6.79. The SMILES string of the molecule is CCCc1ccc2c(c1)N1CCC(C)(O/C(C)=C\C(C)O)c3c(C)cc(C)cc3C1C=C2. The molecule has 0 saturated carbocycles. The molecule has 32 heavy (non-hydrogen) atoms. The fourth-order valence-corrected chi connectivity index (χ4v) is 5.65. The minimum Gasteiger partial charge on any atom is -0.488 e. The quantitative estimate of drug-likeness (QED) is 0.532. The summed E-state index contributed by atoms with van der Waals surface area (Å²) in [4.78, 5) is 2.56. The standard InChI is InChI=1S/C29H37NO2/c1-7-8-23-9-10-24-11-12-26-25-16-19(2)15-20(3)28(25)29(6,32-22(5)17-21(4)31)13-14-30(26)27(24)18-23/h9-12,15-18,21,26,31H,7-8,13-14H2,1-6H3/b22-17-. The van der Waals surface area contributed by atoms with E-state index in [9.17, 15) is 5.11 Å². The average molecular weight is 432 g/mol. The van der Waals surface area contributed by atoms with Gasteiger partial charge in [0, 0.05) is 24.2 Å². The Morgan fingerprint density at radius 2 is 2.06 bits per heavy atom. The van der Waals surface area contributed by atoms with E-state index in [1.54, 1.807) is 13.0 Å². The van der Waals surface area contributed by atoms with Crippen LogP contribution in [-0.4, -0.2) is 17.8 Å². The van der Waals surface area contributed by atoms with Crippen molar-refractivity contribution >= 4 is 11.8 Å². The zero-order valence-corrected chi connectivity index (χ0v) is 20.4. The number of hydrogen-bond acceptors (Lipinski definition) is 3. The molecule has 0 aromatic heterocycles. The smallest absolute Gasteiger partial charge is 0.133 e. The summed E-state index contributed by atoms with van der Waals surface area (Å²) in [5.41, 5.74) is 8.72. The minimum absolute atomic E-state index is 0.194. The van der Waals surface area contributed by atoms with Crippen molar-refractivity contribution in [2.24, 2.45) is 0 Å². The van der Waals surface area contributed by atoms with Gasteiger partial charge in [0.1, 0.15) is 5.60 Å². The van der Waals surface area contributed by atoms with Gasteiger partial charge in [0.15, 0.2) is 0 Å². The molecule has 0 spiro atoms. The molecule has 2 aromatic carbocycles. The minimum atomic E-state index is -0.527. The van der Waals surface area contributed by atoms with Gasteiger partial charge < -0.3 is 14.7 Å². The van der Waals surface area contributed by atoms with Crippen LogP contribution < -0.4 is 4.90 Å². The summed E-state index contributed by atoms with van der Waals surface area (Å²) in [7, 11) is 0. The van der Waals surface area contributed by atoms with Crippen LogP contribution in [0.3, 0.4) is 0 Å². The first-order valence-electron chi connectivity index (χ1n) is 12.0. The average Bonchev–Trinajstić information content (AvgIpc) is 2.82. The third kappa shape index (κ3) is 4.23. The highest BCUT2D eigenvalue weighted by Gasteiger charge is 2.40. The topological polar surface area (TPSA) is 32.7 Å². The molecule has 0 radical (unpaired) electrons. The maximum Gasteiger partial charge on any atom is 0.133 e. The number of rotatable bonds is 5. The van der Waals surface area contributed by atoms with Gasteiger partial charge in [0.25, 0.3) is 0 Å². The number of aliphatic hydroxyl groups is 1. The molecule has 3 heteroatoms. The fourth-order valence-electron chi connectivity index (χ4n) is 5.65. The van der Waals surface area contributed by atoms with Crippen LogP contribution in [-0.2, 0) is 16.8 Å². The second-order valence-corrected chi connectivity index (χ2v) is 9.79. The Labute approximate surface area is 193 Å². The summed E-state index contributed by atoms with van der Waals surface area (Å²) in [6, 6.07) is 11.7. The summed E-state index contributed by atoms with van der Waals surface area (Å²) in [5.74, 6) is 0.773. The number of fused-ring (bicyclic) bond motifs is 5. The van der Waals surface area contributed by atoms with Gasteiger partial charge in [-0.05, 0) is 75.4 Å². The van der Waals surface area contributed by atoms with Crippen molar-refractivity contribution in [3.63, 3.8) is 0 Å². The molecule has 2 aromatic rings. The highest BCUT2D eigenvalue weighted by atomic mass is 16.5. The van der Waals surface area contributed by atoms with Gasteiger partial charge in [-0.25, -0.2) is 0 Å². The number of aliphatic hydroxyl groups excluding tert-OH is 1. The van der Waals surface area contributed by atoms with Gasteiger partial charge in [-0.15, -0.1) is 0 Å². The molecule has 170 valence electrons. The molecule has 0 fully saturated rings. The molecule has 4 rings (SSSR count). The van der Waals surface area contributed by atoms with Gasteiger partial charge in [-0.2, -0.15) is 0 Å². The monoisotopic (exact) mass is 431 g/mol. The second kappa shape index (κ2) is 8.78. The molecule has 2 aliphatic rings. The van der Waals surface area contributed by atoms with Crippen molar-refractivity contribution in [3.05, 3.63) is 81.6 Å². The number of nitrogens with zero attached hydrogens (tertiary/aromatic N) is 1. The Hall–Kier alpha value is -2.52. The zero-order valence-electron chi connectivity index (χ0n) is 20.4. The van der Waals surface area contributed by atoms with E-state index in [0.717, 1.165) is 31.6 Å². The Balaban J connectivity index is 1.85. The van der Waals surface area contributed by atoms with Gasteiger partial charge in [-0.1, -0.05) is 55.3 Å². The van der Waals surface area contributed by atoms with Gasteiger partial charge >= 0.3 is 0 Å². The number of aryl methyl sites for hydroxylation is 3. The molecule has 1 N–H and O–H groups in total. The molecule has 2 heterocycles. The van der Waals surface area contributed by atoms with Gasteiger partial charge in [-0.3, -0.25) is 0 Å². The van der Waals surface area contributed by atoms with E-state index in [2.05, 4.69) is 75.1 Å². The number of anilines is 1. The van der Waals surface area contributed by atoms with Crippen LogP contribution in [0.15, 0.2) is 48.2 Å². The number of allylic oxidation sites excluding steroid dienone is 1. The van der Waals surface area contributed by atoms with Crippen LogP contribution >= 0.6 is 0 Å². The van der Waals surface area contributed by atoms with E-state index < -0.39 is 11.7 Å². The molecule has 0 amide bonds. The van der Waals surface area contributed by atoms with Gasteiger partial charge in [0.2, 0.25) is 0 Å². The summed E-state index contributed by atoms with van der Waals surface area (Å²) in [6.45, 7) is 13.5. The predicted molar refractivity (Wildman–Crippen MR) is 134 cm³/mol. The summed E-state index contributed by atoms with van der Waals surface area (Å²) in [6.07, 6.45) is 9.03. The van der Waals surface area contributed by atoms with E-state index in [1.165, 1.54) is 39.1 Å². The highest BCUT2D eigenvalue weighted by Crippen LogP contribution is 2.47. The Bertz CT molecular complexity index is 1070.